The van der Waals surface area contributed by atoms with Gasteiger partial charge in [-0.2, -0.15) is 0 Å². The summed E-state index contributed by atoms with van der Waals surface area (Å²) in [6.45, 7) is 7.92. The second-order valence-electron chi connectivity index (χ2n) is 4.88. The van der Waals surface area contributed by atoms with E-state index in [9.17, 15) is 0 Å². The summed E-state index contributed by atoms with van der Waals surface area (Å²) in [6, 6.07) is 8.20. The van der Waals surface area contributed by atoms with Crippen molar-refractivity contribution in [3.63, 3.8) is 0 Å². The molecule has 98 valence electrons. The van der Waals surface area contributed by atoms with Gasteiger partial charge in [0.1, 0.15) is 11.1 Å². The Morgan fingerprint density at radius 3 is 1.55 bits per heavy atom. The van der Waals surface area contributed by atoms with Crippen molar-refractivity contribution in [2.45, 2.75) is 11.1 Å². The maximum atomic E-state index is 4.59. The van der Waals surface area contributed by atoms with Gasteiger partial charge in [0.15, 0.2) is 0 Å². The highest BCUT2D eigenvalue weighted by molar-refractivity contribution is 5.78. The van der Waals surface area contributed by atoms with E-state index < -0.39 is 11.1 Å². The van der Waals surface area contributed by atoms with Crippen LogP contribution in [0.25, 0.3) is 0 Å². The molecule has 0 fully saturated rings. The summed E-state index contributed by atoms with van der Waals surface area (Å²) in [5, 5.41) is 0. The molecule has 0 saturated heterocycles. The fourth-order valence-electron chi connectivity index (χ4n) is 2.76. The van der Waals surface area contributed by atoms with E-state index in [1.54, 1.807) is 0 Å². The van der Waals surface area contributed by atoms with Crippen LogP contribution in [0.15, 0.2) is 83.9 Å². The van der Waals surface area contributed by atoms with Gasteiger partial charge in [0.2, 0.25) is 0 Å². The van der Waals surface area contributed by atoms with Gasteiger partial charge in [-0.1, -0.05) is 36.4 Å². The van der Waals surface area contributed by atoms with Gasteiger partial charge in [0.25, 0.3) is 0 Å². The van der Waals surface area contributed by atoms with E-state index in [2.05, 4.69) is 47.4 Å². The van der Waals surface area contributed by atoms with Crippen molar-refractivity contribution in [2.75, 3.05) is 0 Å². The predicted molar refractivity (Wildman–Crippen MR) is 85.5 cm³/mol. The Hall–Kier alpha value is -2.48. The van der Waals surface area contributed by atoms with Crippen molar-refractivity contribution in [2.24, 2.45) is 9.98 Å². The molecule has 0 spiro atoms. The van der Waals surface area contributed by atoms with Crippen LogP contribution in [0.1, 0.15) is 11.1 Å². The summed E-state index contributed by atoms with van der Waals surface area (Å²) in [7, 11) is 0. The normalized spacial score (nSPS) is 30.0. The molecule has 0 aromatic heterocycles. The molecule has 3 rings (SSSR count). The first kappa shape index (κ1) is 12.5. The van der Waals surface area contributed by atoms with Gasteiger partial charge in [-0.3, -0.25) is 9.98 Å². The summed E-state index contributed by atoms with van der Waals surface area (Å²) < 4.78 is 0. The van der Waals surface area contributed by atoms with Crippen molar-refractivity contribution in [1.29, 1.82) is 0 Å². The zero-order valence-electron chi connectivity index (χ0n) is 11.2. The van der Waals surface area contributed by atoms with Crippen LogP contribution in [0.5, 0.6) is 0 Å². The zero-order valence-corrected chi connectivity index (χ0v) is 11.2. The Morgan fingerprint density at radius 1 is 0.800 bits per heavy atom. The van der Waals surface area contributed by atoms with E-state index >= 15 is 0 Å². The van der Waals surface area contributed by atoms with Gasteiger partial charge in [0, 0.05) is 12.4 Å². The van der Waals surface area contributed by atoms with E-state index in [0.717, 1.165) is 11.1 Å². The van der Waals surface area contributed by atoms with Gasteiger partial charge in [-0.25, -0.2) is 0 Å². The highest BCUT2D eigenvalue weighted by Gasteiger charge is 2.36. The van der Waals surface area contributed by atoms with Crippen LogP contribution >= 0.6 is 0 Å². The Bertz CT molecular complexity index is 591. The summed E-state index contributed by atoms with van der Waals surface area (Å²) in [5.74, 6) is 0. The van der Waals surface area contributed by atoms with Gasteiger partial charge in [-0.05, 0) is 35.4 Å². The topological polar surface area (TPSA) is 24.7 Å². The Balaban J connectivity index is 2.24. The molecule has 2 aliphatic rings. The van der Waals surface area contributed by atoms with Gasteiger partial charge in [0.05, 0.1) is 0 Å². The molecule has 1 aromatic carbocycles. The van der Waals surface area contributed by atoms with Crippen LogP contribution in [-0.2, 0) is 11.1 Å². The number of aliphatic imine (C=N–C) groups is 2. The van der Waals surface area contributed by atoms with Crippen molar-refractivity contribution in [3.05, 3.63) is 85.0 Å². The van der Waals surface area contributed by atoms with Crippen molar-refractivity contribution in [1.82, 2.24) is 0 Å². The minimum atomic E-state index is -0.501. The Morgan fingerprint density at radius 2 is 1.25 bits per heavy atom. The molecule has 2 nitrogen and oxygen atoms in total. The van der Waals surface area contributed by atoms with Crippen LogP contribution < -0.4 is 0 Å². The summed E-state index contributed by atoms with van der Waals surface area (Å²) >= 11 is 0. The molecular formula is C18H16N2. The second-order valence-corrected chi connectivity index (χ2v) is 4.88. The molecule has 2 heteroatoms. The lowest BCUT2D eigenvalue weighted by atomic mass is 9.79. The highest BCUT2D eigenvalue weighted by atomic mass is 14.9. The Labute approximate surface area is 119 Å². The zero-order chi connectivity index (χ0) is 14.1. The quantitative estimate of drug-likeness (QED) is 0.737. The molecule has 0 radical (unpaired) electrons. The van der Waals surface area contributed by atoms with Crippen LogP contribution in [-0.4, -0.2) is 12.4 Å². The van der Waals surface area contributed by atoms with Crippen molar-refractivity contribution in [3.8, 4) is 0 Å². The fourth-order valence-corrected chi connectivity index (χ4v) is 2.76. The third-order valence-electron chi connectivity index (χ3n) is 3.86. The fraction of sp³-hybridized carbons (Fsp3) is 0.111. The maximum absolute atomic E-state index is 4.59. The van der Waals surface area contributed by atoms with Gasteiger partial charge >= 0.3 is 0 Å². The third kappa shape index (κ3) is 1.65. The summed E-state index contributed by atoms with van der Waals surface area (Å²) in [6.07, 6.45) is 15.4. The second kappa shape index (κ2) is 4.57. The smallest absolute Gasteiger partial charge is 0.122 e. The lowest BCUT2D eigenvalue weighted by molar-refractivity contribution is 0.664. The molecule has 0 bridgehead atoms. The Kier molecular flexibility index (Phi) is 2.87. The number of hydrogen-bond donors (Lipinski definition) is 0. The first-order chi connectivity index (χ1) is 9.76. The number of rotatable bonds is 4. The minimum absolute atomic E-state index is 0.501. The predicted octanol–water partition coefficient (Wildman–Crippen LogP) is 3.73. The van der Waals surface area contributed by atoms with E-state index in [0.29, 0.717) is 0 Å². The molecular weight excluding hydrogens is 244 g/mol. The molecule has 2 unspecified atom stereocenters. The van der Waals surface area contributed by atoms with E-state index in [4.69, 9.17) is 0 Å². The van der Waals surface area contributed by atoms with Crippen LogP contribution in [0.2, 0.25) is 0 Å². The number of allylic oxidation sites excluding steroid dienone is 2. The third-order valence-corrected chi connectivity index (χ3v) is 3.86. The van der Waals surface area contributed by atoms with Crippen LogP contribution in [0.4, 0.5) is 0 Å². The maximum Gasteiger partial charge on any atom is 0.122 e. The largest absolute Gasteiger partial charge is 0.273 e. The molecule has 1 aromatic rings. The number of benzene rings is 1. The van der Waals surface area contributed by atoms with E-state index in [1.165, 1.54) is 0 Å². The lowest BCUT2D eigenvalue weighted by Gasteiger charge is -2.30. The highest BCUT2D eigenvalue weighted by Crippen LogP contribution is 2.41. The standard InChI is InChI=1S/C18H16N2/c1-3-17(11-7-13-19-17)15-9-5-6-10-16(15)18(4-2)12-8-14-20-18/h3-14H,1-2H2. The average molecular weight is 260 g/mol. The molecule has 20 heavy (non-hydrogen) atoms. The first-order valence-electron chi connectivity index (χ1n) is 6.60. The van der Waals surface area contributed by atoms with Crippen molar-refractivity contribution >= 4 is 12.4 Å². The number of hydrogen-bond acceptors (Lipinski definition) is 2. The SMILES string of the molecule is C=CC1(c2ccccc2C2(C=C)C=CC=N2)C=CC=N1. The summed E-state index contributed by atoms with van der Waals surface area (Å²) in [4.78, 5) is 9.18. The number of nitrogens with zero attached hydrogens (tertiary/aromatic N) is 2. The molecule has 0 aliphatic carbocycles. The monoisotopic (exact) mass is 260 g/mol. The molecule has 0 saturated carbocycles. The lowest BCUT2D eigenvalue weighted by Crippen LogP contribution is -2.25. The molecule has 0 N–H and O–H groups in total. The van der Waals surface area contributed by atoms with E-state index in [-0.39, 0.29) is 0 Å². The molecule has 0 amide bonds. The average Bonchev–Trinajstić information content (AvgIpc) is 3.18. The van der Waals surface area contributed by atoms with Crippen LogP contribution in [0, 0.1) is 0 Å². The van der Waals surface area contributed by atoms with Gasteiger partial charge < -0.3 is 0 Å². The molecule has 2 aliphatic heterocycles. The summed E-state index contributed by atoms with van der Waals surface area (Å²) in [5.41, 5.74) is 1.17. The molecule has 2 atom stereocenters. The molecule has 2 heterocycles. The van der Waals surface area contributed by atoms with Crippen LogP contribution in [0.3, 0.4) is 0 Å². The first-order valence-corrected chi connectivity index (χ1v) is 6.60. The van der Waals surface area contributed by atoms with E-state index in [1.807, 2.05) is 48.9 Å². The minimum Gasteiger partial charge on any atom is -0.273 e. The van der Waals surface area contributed by atoms with Crippen molar-refractivity contribution < 1.29 is 0 Å². The van der Waals surface area contributed by atoms with Gasteiger partial charge in [-0.15, -0.1) is 13.2 Å².